The van der Waals surface area contributed by atoms with Gasteiger partial charge < -0.3 is 25.8 Å². The van der Waals surface area contributed by atoms with Crippen LogP contribution in [-0.2, 0) is 20.8 Å². The summed E-state index contributed by atoms with van der Waals surface area (Å²) in [5, 5.41) is 11.7. The van der Waals surface area contributed by atoms with Gasteiger partial charge in [0, 0.05) is 24.6 Å². The third-order valence-corrected chi connectivity index (χ3v) is 6.60. The molecule has 4 N–H and O–H groups in total. The molecule has 0 spiro atoms. The average molecular weight is 514 g/mol. The van der Waals surface area contributed by atoms with Crippen molar-refractivity contribution in [3.05, 3.63) is 54.1 Å². The number of hydrogen-bond acceptors (Lipinski definition) is 5. The maximum Gasteiger partial charge on any atom is 0.378 e. The molecule has 9 heteroatoms. The number of carbonyl (C=O) groups excluding carboxylic acids is 2. The van der Waals surface area contributed by atoms with Crippen LogP contribution in [0.15, 0.2) is 48.5 Å². The van der Waals surface area contributed by atoms with Crippen LogP contribution in [0.5, 0.6) is 5.75 Å². The first kappa shape index (κ1) is 28.0. The SMILES string of the molecule is CCCCN(C(=O)C(Cc1ccc(OC(F)C(=O)O)c(N)c1)NC(=O)C1CCCCC1)c1ccccc1. The number of alkyl halides is 1. The first-order valence-electron chi connectivity index (χ1n) is 12.9. The minimum atomic E-state index is -2.55. The molecule has 1 fully saturated rings. The number of rotatable bonds is 12. The Morgan fingerprint density at radius 1 is 1.14 bits per heavy atom. The number of ether oxygens (including phenoxy) is 1. The van der Waals surface area contributed by atoms with Gasteiger partial charge in [0.15, 0.2) is 0 Å². The molecule has 2 aromatic rings. The van der Waals surface area contributed by atoms with Gasteiger partial charge in [0.05, 0.1) is 5.69 Å². The molecule has 3 rings (SSSR count). The summed E-state index contributed by atoms with van der Waals surface area (Å²) in [4.78, 5) is 39.5. The van der Waals surface area contributed by atoms with Crippen molar-refractivity contribution >= 4 is 29.2 Å². The minimum Gasteiger partial charge on any atom is -0.476 e. The van der Waals surface area contributed by atoms with Crippen molar-refractivity contribution in [2.45, 2.75) is 70.7 Å². The number of nitrogen functional groups attached to an aromatic ring is 1. The molecule has 8 nitrogen and oxygen atoms in total. The number of amides is 2. The van der Waals surface area contributed by atoms with E-state index in [1.54, 1.807) is 11.0 Å². The van der Waals surface area contributed by atoms with E-state index in [0.29, 0.717) is 12.1 Å². The van der Waals surface area contributed by atoms with Crippen LogP contribution in [0.2, 0.25) is 0 Å². The zero-order valence-electron chi connectivity index (χ0n) is 21.2. The van der Waals surface area contributed by atoms with E-state index in [1.807, 2.05) is 30.3 Å². The number of hydrogen-bond donors (Lipinski definition) is 3. The summed E-state index contributed by atoms with van der Waals surface area (Å²) in [6, 6.07) is 13.0. The average Bonchev–Trinajstić information content (AvgIpc) is 2.90. The predicted octanol–water partition coefficient (Wildman–Crippen LogP) is 4.47. The van der Waals surface area contributed by atoms with Gasteiger partial charge in [0.2, 0.25) is 11.8 Å². The van der Waals surface area contributed by atoms with Gasteiger partial charge in [-0.1, -0.05) is 56.9 Å². The lowest BCUT2D eigenvalue weighted by atomic mass is 9.88. The molecule has 0 saturated heterocycles. The number of nitrogens with two attached hydrogens (primary N) is 1. The van der Waals surface area contributed by atoms with Gasteiger partial charge in [0.1, 0.15) is 11.8 Å². The van der Waals surface area contributed by atoms with Crippen molar-refractivity contribution < 1.29 is 28.6 Å². The fraction of sp³-hybridized carbons (Fsp3) is 0.464. The fourth-order valence-corrected chi connectivity index (χ4v) is 4.56. The molecule has 2 atom stereocenters. The van der Waals surface area contributed by atoms with Crippen molar-refractivity contribution in [2.24, 2.45) is 5.92 Å². The summed E-state index contributed by atoms with van der Waals surface area (Å²) in [5.74, 6) is -2.34. The van der Waals surface area contributed by atoms with Crippen LogP contribution in [0.25, 0.3) is 0 Å². The van der Waals surface area contributed by atoms with E-state index < -0.39 is 18.4 Å². The molecule has 0 aromatic heterocycles. The lowest BCUT2D eigenvalue weighted by Crippen LogP contribution is -2.51. The van der Waals surface area contributed by atoms with Crippen LogP contribution in [0, 0.1) is 5.92 Å². The zero-order chi connectivity index (χ0) is 26.8. The zero-order valence-corrected chi connectivity index (χ0v) is 21.2. The summed E-state index contributed by atoms with van der Waals surface area (Å²) in [6.45, 7) is 2.56. The molecule has 0 radical (unpaired) electrons. The van der Waals surface area contributed by atoms with E-state index in [-0.39, 0.29) is 35.6 Å². The number of carbonyl (C=O) groups is 3. The fourth-order valence-electron chi connectivity index (χ4n) is 4.56. The topological polar surface area (TPSA) is 122 Å². The van der Waals surface area contributed by atoms with E-state index in [9.17, 15) is 18.8 Å². The summed E-state index contributed by atoms with van der Waals surface area (Å²) in [7, 11) is 0. The molecule has 1 saturated carbocycles. The Labute approximate surface area is 217 Å². The van der Waals surface area contributed by atoms with Crippen molar-refractivity contribution in [3.8, 4) is 5.75 Å². The molecule has 0 aliphatic heterocycles. The number of benzene rings is 2. The highest BCUT2D eigenvalue weighted by molar-refractivity contribution is 5.99. The number of para-hydroxylation sites is 1. The number of aliphatic carboxylic acids is 1. The predicted molar refractivity (Wildman–Crippen MR) is 140 cm³/mol. The maximum atomic E-state index is 13.9. The Bertz CT molecular complexity index is 1060. The van der Waals surface area contributed by atoms with Crippen molar-refractivity contribution in [1.29, 1.82) is 0 Å². The van der Waals surface area contributed by atoms with Crippen LogP contribution in [0.4, 0.5) is 15.8 Å². The lowest BCUT2D eigenvalue weighted by Gasteiger charge is -2.30. The largest absolute Gasteiger partial charge is 0.476 e. The second kappa shape index (κ2) is 13.6. The van der Waals surface area contributed by atoms with Gasteiger partial charge in [-0.3, -0.25) is 9.59 Å². The Morgan fingerprint density at radius 2 is 1.84 bits per heavy atom. The van der Waals surface area contributed by atoms with Crippen LogP contribution < -0.4 is 20.7 Å². The summed E-state index contributed by atoms with van der Waals surface area (Å²) >= 11 is 0. The van der Waals surface area contributed by atoms with E-state index in [0.717, 1.165) is 50.6 Å². The summed E-state index contributed by atoms with van der Waals surface area (Å²) in [6.07, 6.45) is 4.03. The molecule has 1 aliphatic carbocycles. The lowest BCUT2D eigenvalue weighted by molar-refractivity contribution is -0.153. The van der Waals surface area contributed by atoms with Gasteiger partial charge in [0.25, 0.3) is 0 Å². The van der Waals surface area contributed by atoms with Crippen molar-refractivity contribution in [2.75, 3.05) is 17.2 Å². The first-order chi connectivity index (χ1) is 17.8. The van der Waals surface area contributed by atoms with Gasteiger partial charge in [-0.25, -0.2) is 4.79 Å². The molecular weight excluding hydrogens is 477 g/mol. The number of carboxylic acid groups (broad SMARTS) is 1. The van der Waals surface area contributed by atoms with Gasteiger partial charge in [-0.2, -0.15) is 4.39 Å². The van der Waals surface area contributed by atoms with Crippen LogP contribution >= 0.6 is 0 Å². The third-order valence-electron chi connectivity index (χ3n) is 6.60. The highest BCUT2D eigenvalue weighted by Gasteiger charge is 2.30. The molecule has 0 bridgehead atoms. The van der Waals surface area contributed by atoms with E-state index in [4.69, 9.17) is 15.6 Å². The van der Waals surface area contributed by atoms with Crippen LogP contribution in [0.3, 0.4) is 0 Å². The highest BCUT2D eigenvalue weighted by Crippen LogP contribution is 2.27. The van der Waals surface area contributed by atoms with Crippen LogP contribution in [-0.4, -0.2) is 41.8 Å². The molecule has 2 aromatic carbocycles. The van der Waals surface area contributed by atoms with E-state index in [1.165, 1.54) is 12.1 Å². The Kier molecular flexibility index (Phi) is 10.3. The van der Waals surface area contributed by atoms with E-state index in [2.05, 4.69) is 12.2 Å². The molecule has 2 amide bonds. The number of halogens is 1. The number of unbranched alkanes of at least 4 members (excludes halogenated alkanes) is 1. The standard InChI is InChI=1S/C28H36FN3O5/c1-2-3-16-32(21-12-8-5-9-13-21)27(34)23(31-26(33)20-10-6-4-7-11-20)18-19-14-15-24(22(30)17-19)37-25(29)28(35)36/h5,8-9,12-15,17,20,23,25H,2-4,6-7,10-11,16,18,30H2,1H3,(H,31,33)(H,35,36). The second-order valence-corrected chi connectivity index (χ2v) is 9.42. The summed E-state index contributed by atoms with van der Waals surface area (Å²) < 4.78 is 18.3. The number of carboxylic acids is 1. The first-order valence-corrected chi connectivity index (χ1v) is 12.9. The number of nitrogens with one attached hydrogen (secondary N) is 1. The Hall–Kier alpha value is -3.62. The Balaban J connectivity index is 1.86. The molecule has 37 heavy (non-hydrogen) atoms. The van der Waals surface area contributed by atoms with Crippen LogP contribution in [0.1, 0.15) is 57.4 Å². The third kappa shape index (κ3) is 7.93. The second-order valence-electron chi connectivity index (χ2n) is 9.42. The van der Waals surface area contributed by atoms with Crippen molar-refractivity contribution in [1.82, 2.24) is 5.32 Å². The normalized spacial score (nSPS) is 15.4. The Morgan fingerprint density at radius 3 is 2.46 bits per heavy atom. The monoisotopic (exact) mass is 513 g/mol. The summed E-state index contributed by atoms with van der Waals surface area (Å²) in [5.41, 5.74) is 7.41. The van der Waals surface area contributed by atoms with E-state index >= 15 is 0 Å². The molecule has 1 aliphatic rings. The molecular formula is C28H36FN3O5. The van der Waals surface area contributed by atoms with Gasteiger partial charge in [-0.15, -0.1) is 0 Å². The maximum absolute atomic E-state index is 13.9. The van der Waals surface area contributed by atoms with Crippen molar-refractivity contribution in [3.63, 3.8) is 0 Å². The molecule has 0 heterocycles. The molecule has 2 unspecified atom stereocenters. The minimum absolute atomic E-state index is 0.0390. The number of anilines is 2. The van der Waals surface area contributed by atoms with Gasteiger partial charge >= 0.3 is 12.3 Å². The number of nitrogens with zero attached hydrogens (tertiary/aromatic N) is 1. The smallest absolute Gasteiger partial charge is 0.378 e. The molecule has 200 valence electrons. The quantitative estimate of drug-likeness (QED) is 0.360. The van der Waals surface area contributed by atoms with Gasteiger partial charge in [-0.05, 0) is 49.1 Å². The highest BCUT2D eigenvalue weighted by atomic mass is 19.1.